The summed E-state index contributed by atoms with van der Waals surface area (Å²) in [4.78, 5) is 0. The number of rotatable bonds is 4. The summed E-state index contributed by atoms with van der Waals surface area (Å²) in [6, 6.07) is 14.3. The van der Waals surface area contributed by atoms with Crippen molar-refractivity contribution >= 4 is 23.0 Å². The third kappa shape index (κ3) is 4.21. The normalized spacial score (nSPS) is 11.6. The molecule has 2 aromatic carbocycles. The van der Waals surface area contributed by atoms with Crippen LogP contribution in [0, 0.1) is 13.8 Å². The first-order valence-corrected chi connectivity index (χ1v) is 7.69. The second-order valence-corrected chi connectivity index (χ2v) is 5.82. The molecule has 0 spiro atoms. The molecule has 0 saturated heterocycles. The molecule has 0 fully saturated rings. The van der Waals surface area contributed by atoms with E-state index in [1.54, 1.807) is 7.11 Å². The highest BCUT2D eigenvalue weighted by atomic mass is 32.1. The minimum atomic E-state index is 0.145. The smallest absolute Gasteiger partial charge is 0.171 e. The Kier molecular flexibility index (Phi) is 5.39. The van der Waals surface area contributed by atoms with Gasteiger partial charge in [-0.1, -0.05) is 29.8 Å². The quantitative estimate of drug-likeness (QED) is 0.822. The monoisotopic (exact) mass is 314 g/mol. The Morgan fingerprint density at radius 3 is 2.59 bits per heavy atom. The van der Waals surface area contributed by atoms with Crippen LogP contribution in [0.1, 0.15) is 29.7 Å². The van der Waals surface area contributed by atoms with E-state index in [4.69, 9.17) is 17.0 Å². The SMILES string of the molecule is COc1cccc(NC(=S)NC(C)c2ccc(C)cc2C)c1. The molecule has 0 aromatic heterocycles. The molecule has 3 nitrogen and oxygen atoms in total. The number of aryl methyl sites for hydroxylation is 2. The Hall–Kier alpha value is -2.07. The number of nitrogens with one attached hydrogen (secondary N) is 2. The second kappa shape index (κ2) is 7.27. The lowest BCUT2D eigenvalue weighted by Gasteiger charge is -2.19. The standard InChI is InChI=1S/C18H22N2OS/c1-12-8-9-17(13(2)10-12)14(3)19-18(22)20-15-6-5-7-16(11-15)21-4/h5-11,14H,1-4H3,(H2,19,20,22). The molecule has 2 rings (SSSR count). The lowest BCUT2D eigenvalue weighted by Crippen LogP contribution is -2.31. The average Bonchev–Trinajstić information content (AvgIpc) is 2.47. The number of thiocarbonyl (C=S) groups is 1. The summed E-state index contributed by atoms with van der Waals surface area (Å²) in [6.07, 6.45) is 0. The number of anilines is 1. The molecule has 0 heterocycles. The summed E-state index contributed by atoms with van der Waals surface area (Å²) in [5.74, 6) is 0.801. The fraction of sp³-hybridized carbons (Fsp3) is 0.278. The van der Waals surface area contributed by atoms with E-state index in [-0.39, 0.29) is 6.04 Å². The van der Waals surface area contributed by atoms with Gasteiger partial charge in [-0.25, -0.2) is 0 Å². The molecule has 0 saturated carbocycles. The number of ether oxygens (including phenoxy) is 1. The fourth-order valence-corrected chi connectivity index (χ4v) is 2.75. The van der Waals surface area contributed by atoms with Crippen molar-refractivity contribution in [1.29, 1.82) is 0 Å². The molecule has 22 heavy (non-hydrogen) atoms. The van der Waals surface area contributed by atoms with Crippen LogP contribution in [0.25, 0.3) is 0 Å². The van der Waals surface area contributed by atoms with E-state index >= 15 is 0 Å². The Morgan fingerprint density at radius 2 is 1.91 bits per heavy atom. The van der Waals surface area contributed by atoms with Crippen molar-refractivity contribution in [2.75, 3.05) is 12.4 Å². The van der Waals surface area contributed by atoms with Crippen LogP contribution in [0.15, 0.2) is 42.5 Å². The predicted molar refractivity (Wildman–Crippen MR) is 96.7 cm³/mol. The van der Waals surface area contributed by atoms with Crippen molar-refractivity contribution in [2.45, 2.75) is 26.8 Å². The van der Waals surface area contributed by atoms with Crippen molar-refractivity contribution in [3.05, 3.63) is 59.2 Å². The molecule has 0 aliphatic rings. The fourth-order valence-electron chi connectivity index (χ4n) is 2.45. The number of methoxy groups -OCH3 is 1. The third-order valence-corrected chi connectivity index (χ3v) is 3.79. The zero-order valence-corrected chi connectivity index (χ0v) is 14.3. The Balaban J connectivity index is 2.01. The van der Waals surface area contributed by atoms with E-state index in [0.29, 0.717) is 5.11 Å². The van der Waals surface area contributed by atoms with E-state index in [1.165, 1.54) is 16.7 Å². The molecule has 1 atom stereocenters. The van der Waals surface area contributed by atoms with Crippen molar-refractivity contribution in [3.63, 3.8) is 0 Å². The first kappa shape index (κ1) is 16.3. The summed E-state index contributed by atoms with van der Waals surface area (Å²) in [5, 5.41) is 7.11. The zero-order valence-electron chi connectivity index (χ0n) is 13.4. The highest BCUT2D eigenvalue weighted by Crippen LogP contribution is 2.20. The lowest BCUT2D eigenvalue weighted by molar-refractivity contribution is 0.415. The molecule has 0 amide bonds. The van der Waals surface area contributed by atoms with Gasteiger partial charge in [0.15, 0.2) is 5.11 Å². The summed E-state index contributed by atoms with van der Waals surface area (Å²) in [7, 11) is 1.65. The maximum Gasteiger partial charge on any atom is 0.171 e. The molecular formula is C18H22N2OS. The van der Waals surface area contributed by atoms with Gasteiger partial charge in [-0.05, 0) is 56.2 Å². The van der Waals surface area contributed by atoms with Crippen molar-refractivity contribution in [3.8, 4) is 5.75 Å². The van der Waals surface area contributed by atoms with Crippen molar-refractivity contribution in [2.24, 2.45) is 0 Å². The molecule has 0 aliphatic carbocycles. The Morgan fingerprint density at radius 1 is 1.14 bits per heavy atom. The Labute approximate surface area is 137 Å². The number of benzene rings is 2. The van der Waals surface area contributed by atoms with Gasteiger partial charge in [-0.15, -0.1) is 0 Å². The van der Waals surface area contributed by atoms with Crippen LogP contribution >= 0.6 is 12.2 Å². The van der Waals surface area contributed by atoms with E-state index in [9.17, 15) is 0 Å². The first-order valence-electron chi connectivity index (χ1n) is 7.28. The van der Waals surface area contributed by atoms with Crippen LogP contribution in [0.4, 0.5) is 5.69 Å². The highest BCUT2D eigenvalue weighted by molar-refractivity contribution is 7.80. The van der Waals surface area contributed by atoms with Crippen LogP contribution in [-0.4, -0.2) is 12.2 Å². The predicted octanol–water partition coefficient (Wildman–Crippen LogP) is 4.36. The van der Waals surface area contributed by atoms with E-state index in [2.05, 4.69) is 49.6 Å². The summed E-state index contributed by atoms with van der Waals surface area (Å²) < 4.78 is 5.21. The molecule has 2 aromatic rings. The second-order valence-electron chi connectivity index (χ2n) is 5.41. The van der Waals surface area contributed by atoms with Crippen LogP contribution in [0.2, 0.25) is 0 Å². The molecule has 0 bridgehead atoms. The van der Waals surface area contributed by atoms with E-state index in [0.717, 1.165) is 11.4 Å². The Bertz CT molecular complexity index is 670. The summed E-state index contributed by atoms with van der Waals surface area (Å²) >= 11 is 5.40. The molecule has 2 N–H and O–H groups in total. The molecule has 0 aliphatic heterocycles. The molecule has 1 unspecified atom stereocenters. The highest BCUT2D eigenvalue weighted by Gasteiger charge is 2.10. The zero-order chi connectivity index (χ0) is 16.1. The van der Waals surface area contributed by atoms with E-state index < -0.39 is 0 Å². The van der Waals surface area contributed by atoms with Gasteiger partial charge in [0.25, 0.3) is 0 Å². The third-order valence-electron chi connectivity index (χ3n) is 3.57. The van der Waals surface area contributed by atoms with Gasteiger partial charge in [0.2, 0.25) is 0 Å². The van der Waals surface area contributed by atoms with E-state index in [1.807, 2.05) is 24.3 Å². The van der Waals surface area contributed by atoms with Gasteiger partial charge < -0.3 is 15.4 Å². The van der Waals surface area contributed by atoms with Crippen LogP contribution in [0.3, 0.4) is 0 Å². The summed E-state index contributed by atoms with van der Waals surface area (Å²) in [6.45, 7) is 6.33. The topological polar surface area (TPSA) is 33.3 Å². The number of hydrogen-bond donors (Lipinski definition) is 2. The van der Waals surface area contributed by atoms with Gasteiger partial charge in [-0.2, -0.15) is 0 Å². The molecule has 4 heteroatoms. The maximum absolute atomic E-state index is 5.40. The molecule has 116 valence electrons. The average molecular weight is 314 g/mol. The first-order chi connectivity index (χ1) is 10.5. The molecule has 0 radical (unpaired) electrons. The van der Waals surface area contributed by atoms with Crippen LogP contribution < -0.4 is 15.4 Å². The van der Waals surface area contributed by atoms with Crippen LogP contribution in [0.5, 0.6) is 5.75 Å². The maximum atomic E-state index is 5.40. The lowest BCUT2D eigenvalue weighted by atomic mass is 10.0. The van der Waals surface area contributed by atoms with Crippen molar-refractivity contribution < 1.29 is 4.74 Å². The van der Waals surface area contributed by atoms with Gasteiger partial charge >= 0.3 is 0 Å². The molecular weight excluding hydrogens is 292 g/mol. The van der Waals surface area contributed by atoms with Gasteiger partial charge in [0.1, 0.15) is 5.75 Å². The van der Waals surface area contributed by atoms with Gasteiger partial charge in [0, 0.05) is 11.8 Å². The minimum absolute atomic E-state index is 0.145. The van der Waals surface area contributed by atoms with Gasteiger partial charge in [-0.3, -0.25) is 0 Å². The largest absolute Gasteiger partial charge is 0.497 e. The van der Waals surface area contributed by atoms with Crippen molar-refractivity contribution in [1.82, 2.24) is 5.32 Å². The minimum Gasteiger partial charge on any atom is -0.497 e. The summed E-state index contributed by atoms with van der Waals surface area (Å²) in [5.41, 5.74) is 4.69. The van der Waals surface area contributed by atoms with Crippen LogP contribution in [-0.2, 0) is 0 Å². The van der Waals surface area contributed by atoms with Gasteiger partial charge in [0.05, 0.1) is 13.2 Å². The number of hydrogen-bond acceptors (Lipinski definition) is 2.